The number of nitrogens with zero attached hydrogens (tertiary/aromatic N) is 4. The van der Waals surface area contributed by atoms with Gasteiger partial charge in [0, 0.05) is 24.3 Å². The average Bonchev–Trinajstić information content (AvgIpc) is 2.55. The summed E-state index contributed by atoms with van der Waals surface area (Å²) in [5.41, 5.74) is 4.59. The monoisotopic (exact) mass is 346 g/mol. The Labute approximate surface area is 133 Å². The molecule has 21 heavy (non-hydrogen) atoms. The zero-order chi connectivity index (χ0) is 14.7. The summed E-state index contributed by atoms with van der Waals surface area (Å²) >= 11 is 3.39. The molecule has 0 radical (unpaired) electrons. The van der Waals surface area contributed by atoms with Crippen molar-refractivity contribution in [1.82, 2.24) is 19.9 Å². The lowest BCUT2D eigenvalue weighted by Gasteiger charge is -2.31. The van der Waals surface area contributed by atoms with Crippen molar-refractivity contribution < 1.29 is 0 Å². The lowest BCUT2D eigenvalue weighted by atomic mass is 9.91. The van der Waals surface area contributed by atoms with Gasteiger partial charge in [-0.3, -0.25) is 19.9 Å². The molecule has 5 heteroatoms. The van der Waals surface area contributed by atoms with Crippen LogP contribution in [0.3, 0.4) is 0 Å². The molecule has 0 spiro atoms. The first kappa shape index (κ1) is 14.6. The zero-order valence-corrected chi connectivity index (χ0v) is 13.8. The number of alkyl halides is 1. The standard InChI is InChI=1S/C16H19BrN4/c1-21(11-14-10-19-13(8-17)9-20-14)15-6-2-4-12-5-3-7-18-16(12)15/h3,5,7,9-10,15H,2,4,6,8,11H2,1H3. The predicted molar refractivity (Wildman–Crippen MR) is 86.0 cm³/mol. The van der Waals surface area contributed by atoms with Crippen LogP contribution in [0.2, 0.25) is 0 Å². The number of aromatic nitrogens is 3. The van der Waals surface area contributed by atoms with E-state index in [1.54, 1.807) is 0 Å². The minimum absolute atomic E-state index is 0.382. The molecule has 2 aromatic rings. The van der Waals surface area contributed by atoms with E-state index in [2.05, 4.69) is 48.9 Å². The Kier molecular flexibility index (Phi) is 4.60. The number of pyridine rings is 1. The number of fused-ring (bicyclic) bond motifs is 1. The van der Waals surface area contributed by atoms with Gasteiger partial charge in [0.05, 0.1) is 29.3 Å². The molecule has 0 bridgehead atoms. The Hall–Kier alpha value is -1.33. The van der Waals surface area contributed by atoms with Crippen LogP contribution < -0.4 is 0 Å². The van der Waals surface area contributed by atoms with Gasteiger partial charge in [-0.2, -0.15) is 0 Å². The molecule has 2 aromatic heterocycles. The second kappa shape index (κ2) is 6.62. The van der Waals surface area contributed by atoms with Crippen molar-refractivity contribution >= 4 is 15.9 Å². The first-order valence-corrected chi connectivity index (χ1v) is 8.40. The summed E-state index contributed by atoms with van der Waals surface area (Å²) in [5, 5.41) is 0.746. The predicted octanol–water partition coefficient (Wildman–Crippen LogP) is 3.28. The average molecular weight is 347 g/mol. The van der Waals surface area contributed by atoms with Crippen molar-refractivity contribution in [2.45, 2.75) is 37.2 Å². The van der Waals surface area contributed by atoms with Crippen LogP contribution in [0.25, 0.3) is 0 Å². The number of rotatable bonds is 4. The van der Waals surface area contributed by atoms with Crippen molar-refractivity contribution in [2.75, 3.05) is 7.05 Å². The second-order valence-corrected chi connectivity index (χ2v) is 6.06. The Morgan fingerprint density at radius 2 is 2.05 bits per heavy atom. The quantitative estimate of drug-likeness (QED) is 0.796. The second-order valence-electron chi connectivity index (χ2n) is 5.50. The van der Waals surface area contributed by atoms with Gasteiger partial charge in [-0.1, -0.05) is 22.0 Å². The molecule has 3 rings (SSSR count). The lowest BCUT2D eigenvalue weighted by Crippen LogP contribution is -2.28. The van der Waals surface area contributed by atoms with Crippen molar-refractivity contribution in [3.8, 4) is 0 Å². The highest BCUT2D eigenvalue weighted by Crippen LogP contribution is 2.32. The largest absolute Gasteiger partial charge is 0.292 e. The minimum Gasteiger partial charge on any atom is -0.292 e. The summed E-state index contributed by atoms with van der Waals surface area (Å²) in [7, 11) is 2.15. The normalized spacial score (nSPS) is 17.8. The highest BCUT2D eigenvalue weighted by Gasteiger charge is 2.25. The molecule has 0 amide bonds. The molecule has 1 aliphatic carbocycles. The molecule has 0 N–H and O–H groups in total. The van der Waals surface area contributed by atoms with E-state index < -0.39 is 0 Å². The maximum Gasteiger partial charge on any atom is 0.0727 e. The summed E-state index contributed by atoms with van der Waals surface area (Å²) < 4.78 is 0. The van der Waals surface area contributed by atoms with E-state index in [1.165, 1.54) is 17.7 Å². The van der Waals surface area contributed by atoms with Crippen LogP contribution in [0.4, 0.5) is 0 Å². The SMILES string of the molecule is CN(Cc1cnc(CBr)cn1)C1CCCc2cccnc21. The van der Waals surface area contributed by atoms with Gasteiger partial charge in [0.25, 0.3) is 0 Å². The van der Waals surface area contributed by atoms with E-state index >= 15 is 0 Å². The first-order chi connectivity index (χ1) is 10.3. The maximum atomic E-state index is 4.61. The zero-order valence-electron chi connectivity index (χ0n) is 12.2. The number of halogens is 1. The Morgan fingerprint density at radius 1 is 1.24 bits per heavy atom. The van der Waals surface area contributed by atoms with Gasteiger partial charge in [-0.15, -0.1) is 0 Å². The van der Waals surface area contributed by atoms with Crippen molar-refractivity contribution in [2.24, 2.45) is 0 Å². The summed E-state index contributed by atoms with van der Waals surface area (Å²) in [6.07, 6.45) is 9.14. The van der Waals surface area contributed by atoms with E-state index in [9.17, 15) is 0 Å². The fourth-order valence-corrected chi connectivity index (χ4v) is 3.20. The van der Waals surface area contributed by atoms with Gasteiger partial charge in [0.15, 0.2) is 0 Å². The van der Waals surface area contributed by atoms with Crippen molar-refractivity contribution in [3.63, 3.8) is 0 Å². The molecule has 0 aromatic carbocycles. The smallest absolute Gasteiger partial charge is 0.0727 e. The third-order valence-corrected chi connectivity index (χ3v) is 4.58. The van der Waals surface area contributed by atoms with Crippen molar-refractivity contribution in [3.05, 3.63) is 53.4 Å². The van der Waals surface area contributed by atoms with E-state index in [-0.39, 0.29) is 0 Å². The van der Waals surface area contributed by atoms with Crippen LogP contribution in [0.15, 0.2) is 30.7 Å². The van der Waals surface area contributed by atoms with Crippen LogP contribution in [0.5, 0.6) is 0 Å². The molecule has 2 heterocycles. The van der Waals surface area contributed by atoms with Gasteiger partial charge in [0.1, 0.15) is 0 Å². The summed E-state index contributed by atoms with van der Waals surface area (Å²) in [6.45, 7) is 0.802. The Morgan fingerprint density at radius 3 is 2.81 bits per heavy atom. The molecule has 4 nitrogen and oxygen atoms in total. The third-order valence-electron chi connectivity index (χ3n) is 4.00. The Bertz CT molecular complexity index is 599. The highest BCUT2D eigenvalue weighted by atomic mass is 79.9. The molecule has 0 saturated carbocycles. The minimum atomic E-state index is 0.382. The van der Waals surface area contributed by atoms with E-state index in [4.69, 9.17) is 0 Å². The summed E-state index contributed by atoms with van der Waals surface area (Å²) in [4.78, 5) is 15.8. The topological polar surface area (TPSA) is 41.9 Å². The molecule has 0 saturated heterocycles. The van der Waals surface area contributed by atoms with Crippen LogP contribution >= 0.6 is 15.9 Å². The van der Waals surface area contributed by atoms with E-state index in [0.29, 0.717) is 6.04 Å². The van der Waals surface area contributed by atoms with E-state index in [1.807, 2.05) is 24.7 Å². The number of hydrogen-bond donors (Lipinski definition) is 0. The number of aryl methyl sites for hydroxylation is 1. The van der Waals surface area contributed by atoms with Crippen LogP contribution in [-0.4, -0.2) is 26.9 Å². The van der Waals surface area contributed by atoms with E-state index in [0.717, 1.165) is 36.1 Å². The molecule has 110 valence electrons. The van der Waals surface area contributed by atoms with Crippen LogP contribution in [0.1, 0.15) is 41.5 Å². The van der Waals surface area contributed by atoms with Gasteiger partial charge in [-0.05, 0) is 37.9 Å². The summed E-state index contributed by atoms with van der Waals surface area (Å²) in [6, 6.07) is 4.62. The maximum absolute atomic E-state index is 4.61. The number of hydrogen-bond acceptors (Lipinski definition) is 4. The van der Waals surface area contributed by atoms with Gasteiger partial charge in [-0.25, -0.2) is 0 Å². The highest BCUT2D eigenvalue weighted by molar-refractivity contribution is 9.08. The third kappa shape index (κ3) is 3.30. The molecule has 1 atom stereocenters. The van der Waals surface area contributed by atoms with Crippen molar-refractivity contribution in [1.29, 1.82) is 0 Å². The van der Waals surface area contributed by atoms with Gasteiger partial charge < -0.3 is 0 Å². The molecular weight excluding hydrogens is 328 g/mol. The first-order valence-electron chi connectivity index (χ1n) is 7.27. The van der Waals surface area contributed by atoms with Crippen LogP contribution in [0, 0.1) is 0 Å². The molecule has 0 fully saturated rings. The molecule has 0 aliphatic heterocycles. The fraction of sp³-hybridized carbons (Fsp3) is 0.438. The lowest BCUT2D eigenvalue weighted by molar-refractivity contribution is 0.206. The molecule has 1 unspecified atom stereocenters. The fourth-order valence-electron chi connectivity index (χ4n) is 2.91. The molecular formula is C16H19BrN4. The van der Waals surface area contributed by atoms with Crippen LogP contribution in [-0.2, 0) is 18.3 Å². The summed E-state index contributed by atoms with van der Waals surface area (Å²) in [5.74, 6) is 0. The molecule has 1 aliphatic rings. The van der Waals surface area contributed by atoms with Gasteiger partial charge >= 0.3 is 0 Å². The van der Waals surface area contributed by atoms with Gasteiger partial charge in [0.2, 0.25) is 0 Å². The Balaban J connectivity index is 1.75.